The summed E-state index contributed by atoms with van der Waals surface area (Å²) in [5, 5.41) is 3.42. The fourth-order valence-electron chi connectivity index (χ4n) is 2.80. The summed E-state index contributed by atoms with van der Waals surface area (Å²) in [5.74, 6) is 1.56. The maximum atomic E-state index is 4.36. The summed E-state index contributed by atoms with van der Waals surface area (Å²) in [6.45, 7) is 9.88. The average Bonchev–Trinajstić information content (AvgIpc) is 2.55. The molecule has 2 nitrogen and oxygen atoms in total. The second-order valence-electron chi connectivity index (χ2n) is 6.39. The standard InChI is InChI=1S/C20H34N2/c1-4-18(3)11-10-16-21-17-20(22-5-2)15-9-14-19-12-7-6-8-13-19/h5,9-11,15,18-19,21H,2,4,6-8,12-14,16-17H2,1,3H3/b11-10-,15-9-,22-20+/t18-/m1/s1. The first kappa shape index (κ1) is 18.9. The molecule has 0 aromatic carbocycles. The fourth-order valence-corrected chi connectivity index (χ4v) is 2.80. The van der Waals surface area contributed by atoms with E-state index < -0.39 is 0 Å². The molecule has 0 amide bonds. The Bertz CT molecular complexity index is 373. The van der Waals surface area contributed by atoms with Gasteiger partial charge < -0.3 is 5.32 Å². The van der Waals surface area contributed by atoms with Crippen molar-refractivity contribution in [3.63, 3.8) is 0 Å². The van der Waals surface area contributed by atoms with E-state index in [9.17, 15) is 0 Å². The highest BCUT2D eigenvalue weighted by molar-refractivity contribution is 5.96. The molecule has 1 saturated carbocycles. The van der Waals surface area contributed by atoms with Crippen LogP contribution in [0.3, 0.4) is 0 Å². The molecule has 1 atom stereocenters. The Balaban J connectivity index is 2.27. The van der Waals surface area contributed by atoms with Gasteiger partial charge in [0.2, 0.25) is 0 Å². The monoisotopic (exact) mass is 302 g/mol. The summed E-state index contributed by atoms with van der Waals surface area (Å²) in [6.07, 6.45) is 20.0. The first-order valence-electron chi connectivity index (χ1n) is 8.97. The Kier molecular flexibility index (Phi) is 10.7. The minimum Gasteiger partial charge on any atom is -0.308 e. The number of hydrogen-bond acceptors (Lipinski definition) is 2. The minimum atomic E-state index is 0.665. The van der Waals surface area contributed by atoms with Crippen LogP contribution in [0, 0.1) is 11.8 Å². The topological polar surface area (TPSA) is 24.4 Å². The predicted octanol–water partition coefficient (Wildman–Crippen LogP) is 5.29. The van der Waals surface area contributed by atoms with E-state index in [1.807, 2.05) is 0 Å². The molecule has 0 radical (unpaired) electrons. The highest BCUT2D eigenvalue weighted by Crippen LogP contribution is 2.26. The maximum Gasteiger partial charge on any atom is 0.0538 e. The molecule has 22 heavy (non-hydrogen) atoms. The highest BCUT2D eigenvalue weighted by atomic mass is 14.9. The van der Waals surface area contributed by atoms with Crippen LogP contribution in [-0.4, -0.2) is 18.8 Å². The van der Waals surface area contributed by atoms with Gasteiger partial charge in [-0.25, -0.2) is 0 Å². The van der Waals surface area contributed by atoms with Gasteiger partial charge in [0, 0.05) is 19.3 Å². The normalized spacial score (nSPS) is 19.1. The van der Waals surface area contributed by atoms with E-state index in [2.05, 4.69) is 55.0 Å². The van der Waals surface area contributed by atoms with E-state index in [0.717, 1.165) is 24.7 Å². The summed E-state index contributed by atoms with van der Waals surface area (Å²) >= 11 is 0. The third-order valence-electron chi connectivity index (χ3n) is 4.44. The molecule has 0 aliphatic heterocycles. The Hall–Kier alpha value is -1.15. The molecule has 1 rings (SSSR count). The number of hydrogen-bond donors (Lipinski definition) is 1. The Morgan fingerprint density at radius 3 is 2.73 bits per heavy atom. The van der Waals surface area contributed by atoms with Crippen LogP contribution in [-0.2, 0) is 0 Å². The van der Waals surface area contributed by atoms with Crippen molar-refractivity contribution in [3.8, 4) is 0 Å². The minimum absolute atomic E-state index is 0.665. The Labute approximate surface area is 137 Å². The molecule has 1 N–H and O–H groups in total. The number of allylic oxidation sites excluding steroid dienone is 2. The fraction of sp³-hybridized carbons (Fsp3) is 0.650. The van der Waals surface area contributed by atoms with Crippen LogP contribution in [0.2, 0.25) is 0 Å². The van der Waals surface area contributed by atoms with Crippen LogP contribution >= 0.6 is 0 Å². The molecular weight excluding hydrogens is 268 g/mol. The summed E-state index contributed by atoms with van der Waals surface area (Å²) < 4.78 is 0. The summed E-state index contributed by atoms with van der Waals surface area (Å²) in [6, 6.07) is 0. The van der Waals surface area contributed by atoms with Crippen LogP contribution in [0.25, 0.3) is 0 Å². The molecule has 0 saturated heterocycles. The maximum absolute atomic E-state index is 4.36. The van der Waals surface area contributed by atoms with Gasteiger partial charge in [-0.1, -0.05) is 77.2 Å². The first-order valence-corrected chi connectivity index (χ1v) is 8.97. The van der Waals surface area contributed by atoms with Crippen molar-refractivity contribution in [1.29, 1.82) is 0 Å². The molecule has 0 unspecified atom stereocenters. The lowest BCUT2D eigenvalue weighted by Gasteiger charge is -2.19. The van der Waals surface area contributed by atoms with Crippen molar-refractivity contribution in [2.75, 3.05) is 13.1 Å². The van der Waals surface area contributed by atoms with Crippen molar-refractivity contribution in [2.24, 2.45) is 16.8 Å². The van der Waals surface area contributed by atoms with Crippen LogP contribution in [0.1, 0.15) is 58.8 Å². The highest BCUT2D eigenvalue weighted by Gasteiger charge is 2.11. The van der Waals surface area contributed by atoms with E-state index in [4.69, 9.17) is 0 Å². The van der Waals surface area contributed by atoms with Crippen molar-refractivity contribution < 1.29 is 0 Å². The molecule has 0 aromatic rings. The first-order chi connectivity index (χ1) is 10.8. The zero-order valence-electron chi connectivity index (χ0n) is 14.6. The van der Waals surface area contributed by atoms with Crippen molar-refractivity contribution in [3.05, 3.63) is 37.1 Å². The molecule has 1 fully saturated rings. The zero-order chi connectivity index (χ0) is 16.0. The van der Waals surface area contributed by atoms with Gasteiger partial charge in [0.1, 0.15) is 0 Å². The molecule has 0 aromatic heterocycles. The van der Waals surface area contributed by atoms with E-state index >= 15 is 0 Å². The second kappa shape index (κ2) is 12.4. The molecule has 0 spiro atoms. The van der Waals surface area contributed by atoms with Gasteiger partial charge in [0.05, 0.1) is 5.71 Å². The van der Waals surface area contributed by atoms with Gasteiger partial charge in [0.25, 0.3) is 0 Å². The lowest BCUT2D eigenvalue weighted by Crippen LogP contribution is -2.21. The second-order valence-corrected chi connectivity index (χ2v) is 6.39. The quantitative estimate of drug-likeness (QED) is 0.331. The largest absolute Gasteiger partial charge is 0.308 e. The number of nitrogens with zero attached hydrogens (tertiary/aromatic N) is 1. The van der Waals surface area contributed by atoms with Crippen LogP contribution in [0.4, 0.5) is 0 Å². The van der Waals surface area contributed by atoms with Gasteiger partial charge in [-0.2, -0.15) is 0 Å². The smallest absolute Gasteiger partial charge is 0.0538 e. The SMILES string of the molecule is C=C/N=C(\C=C/CC1CCCCC1)CNC/C=C\[C@H](C)CC. The molecule has 124 valence electrons. The molecular formula is C20H34N2. The molecule has 1 aliphatic rings. The van der Waals surface area contributed by atoms with Crippen LogP contribution < -0.4 is 5.32 Å². The van der Waals surface area contributed by atoms with Gasteiger partial charge in [-0.3, -0.25) is 4.99 Å². The zero-order valence-corrected chi connectivity index (χ0v) is 14.6. The molecule has 1 aliphatic carbocycles. The Morgan fingerprint density at radius 2 is 2.05 bits per heavy atom. The Morgan fingerprint density at radius 1 is 1.27 bits per heavy atom. The summed E-state index contributed by atoms with van der Waals surface area (Å²) in [4.78, 5) is 4.36. The van der Waals surface area contributed by atoms with Crippen molar-refractivity contribution in [2.45, 2.75) is 58.8 Å². The van der Waals surface area contributed by atoms with Crippen molar-refractivity contribution in [1.82, 2.24) is 5.32 Å². The van der Waals surface area contributed by atoms with Crippen LogP contribution in [0.15, 0.2) is 42.1 Å². The summed E-state index contributed by atoms with van der Waals surface area (Å²) in [7, 11) is 0. The van der Waals surface area contributed by atoms with E-state index in [1.165, 1.54) is 44.9 Å². The third kappa shape index (κ3) is 8.99. The van der Waals surface area contributed by atoms with E-state index in [-0.39, 0.29) is 0 Å². The van der Waals surface area contributed by atoms with Crippen molar-refractivity contribution >= 4 is 5.71 Å². The molecule has 2 heteroatoms. The predicted molar refractivity (Wildman–Crippen MR) is 99.4 cm³/mol. The van der Waals surface area contributed by atoms with Gasteiger partial charge in [-0.05, 0) is 24.3 Å². The number of nitrogens with one attached hydrogen (secondary N) is 1. The third-order valence-corrected chi connectivity index (χ3v) is 4.44. The number of aliphatic imine (C=N–C) groups is 1. The van der Waals surface area contributed by atoms with Crippen LogP contribution in [0.5, 0.6) is 0 Å². The molecule has 0 heterocycles. The number of rotatable bonds is 10. The average molecular weight is 303 g/mol. The van der Waals surface area contributed by atoms with Gasteiger partial charge in [0.15, 0.2) is 0 Å². The van der Waals surface area contributed by atoms with E-state index in [1.54, 1.807) is 6.20 Å². The van der Waals surface area contributed by atoms with Gasteiger partial charge in [-0.15, -0.1) is 0 Å². The van der Waals surface area contributed by atoms with Gasteiger partial charge >= 0.3 is 0 Å². The lowest BCUT2D eigenvalue weighted by atomic mass is 9.87. The molecule has 0 bridgehead atoms. The van der Waals surface area contributed by atoms with E-state index in [0.29, 0.717) is 5.92 Å². The lowest BCUT2D eigenvalue weighted by molar-refractivity contribution is 0.361. The summed E-state index contributed by atoms with van der Waals surface area (Å²) in [5.41, 5.74) is 1.07.